The van der Waals surface area contributed by atoms with E-state index in [4.69, 9.17) is 9.72 Å². The van der Waals surface area contributed by atoms with Gasteiger partial charge in [0, 0.05) is 70.0 Å². The smallest absolute Gasteiger partial charge is 0.211 e. The molecule has 3 aromatic heterocycles. The molecule has 1 atom stereocenters. The fraction of sp³-hybridized carbons (Fsp3) is 0.455. The average molecular weight is 519 g/mol. The topological polar surface area (TPSA) is 125 Å². The maximum Gasteiger partial charge on any atom is 0.211 e. The lowest BCUT2D eigenvalue weighted by molar-refractivity contribution is 0.0372. The van der Waals surface area contributed by atoms with E-state index in [0.717, 1.165) is 35.7 Å². The third-order valence-electron chi connectivity index (χ3n) is 6.03. The van der Waals surface area contributed by atoms with Crippen molar-refractivity contribution in [3.8, 4) is 11.3 Å². The lowest BCUT2D eigenvalue weighted by atomic mass is 10.1. The standard InChI is InChI=1S/C22H28N8O3S.H2S/c1-34(31,32)30-9-7-29(8-10-30)20-3-2-16(13-26-20)18-12-19-21(25-5-4-24-19)22(28-18)27-15-17-14-23-6-11-33-17;/h2-5,12-13,17,23H,6-11,14-15H2,1H3,(H,27,28);1H2/t17-;/m0./s1. The maximum atomic E-state index is 11.7. The molecule has 0 spiro atoms. The quantitative estimate of drug-likeness (QED) is 0.481. The molecule has 5 rings (SSSR count). The molecule has 2 N–H and O–H groups in total. The van der Waals surface area contributed by atoms with Gasteiger partial charge < -0.3 is 20.3 Å². The molecule has 35 heavy (non-hydrogen) atoms. The number of ether oxygens (including phenoxy) is 1. The van der Waals surface area contributed by atoms with Crippen molar-refractivity contribution in [2.75, 3.05) is 68.9 Å². The van der Waals surface area contributed by atoms with E-state index < -0.39 is 10.0 Å². The van der Waals surface area contributed by atoms with Gasteiger partial charge in [0.1, 0.15) is 11.3 Å². The normalized spacial score (nSPS) is 19.3. The first-order chi connectivity index (χ1) is 16.5. The Bertz CT molecular complexity index is 1250. The summed E-state index contributed by atoms with van der Waals surface area (Å²) >= 11 is 0. The first-order valence-electron chi connectivity index (χ1n) is 11.3. The number of hydrogen-bond donors (Lipinski definition) is 2. The Labute approximate surface area is 211 Å². The second-order valence-corrected chi connectivity index (χ2v) is 10.4. The predicted molar refractivity (Wildman–Crippen MR) is 141 cm³/mol. The zero-order valence-electron chi connectivity index (χ0n) is 19.5. The number of rotatable bonds is 6. The van der Waals surface area contributed by atoms with Crippen molar-refractivity contribution in [2.45, 2.75) is 6.10 Å². The van der Waals surface area contributed by atoms with Gasteiger partial charge in [0.05, 0.1) is 30.2 Å². The van der Waals surface area contributed by atoms with Gasteiger partial charge in [-0.15, -0.1) is 0 Å². The molecule has 0 unspecified atom stereocenters. The molecule has 2 aliphatic heterocycles. The third-order valence-corrected chi connectivity index (χ3v) is 7.34. The largest absolute Gasteiger partial charge is 0.374 e. The fourth-order valence-corrected chi connectivity index (χ4v) is 5.00. The van der Waals surface area contributed by atoms with E-state index in [1.165, 1.54) is 10.6 Å². The van der Waals surface area contributed by atoms with Gasteiger partial charge in [0.15, 0.2) is 5.82 Å². The highest BCUT2D eigenvalue weighted by Gasteiger charge is 2.24. The van der Waals surface area contributed by atoms with Crippen LogP contribution in [0.25, 0.3) is 22.3 Å². The lowest BCUT2D eigenvalue weighted by Gasteiger charge is -2.34. The second-order valence-electron chi connectivity index (χ2n) is 8.41. The summed E-state index contributed by atoms with van der Waals surface area (Å²) in [6.07, 6.45) is 6.43. The number of hydrogen-bond acceptors (Lipinski definition) is 10. The minimum atomic E-state index is -3.16. The summed E-state index contributed by atoms with van der Waals surface area (Å²) in [6.45, 7) is 5.11. The van der Waals surface area contributed by atoms with Gasteiger partial charge in [-0.1, -0.05) is 0 Å². The number of anilines is 2. The van der Waals surface area contributed by atoms with Crippen LogP contribution in [0, 0.1) is 0 Å². The van der Waals surface area contributed by atoms with E-state index in [1.54, 1.807) is 18.6 Å². The molecule has 188 valence electrons. The van der Waals surface area contributed by atoms with Crippen molar-refractivity contribution in [3.05, 3.63) is 36.8 Å². The van der Waals surface area contributed by atoms with Crippen LogP contribution in [0.2, 0.25) is 0 Å². The van der Waals surface area contributed by atoms with Gasteiger partial charge in [-0.2, -0.15) is 17.8 Å². The average Bonchev–Trinajstić information content (AvgIpc) is 2.87. The number of nitrogens with zero attached hydrogens (tertiary/aromatic N) is 6. The third kappa shape index (κ3) is 5.98. The number of morpholine rings is 1. The van der Waals surface area contributed by atoms with Gasteiger partial charge in [0.25, 0.3) is 0 Å². The molecule has 11 nitrogen and oxygen atoms in total. The van der Waals surface area contributed by atoms with Gasteiger partial charge in [-0.05, 0) is 18.2 Å². The molecule has 2 saturated heterocycles. The van der Waals surface area contributed by atoms with E-state index in [2.05, 4.69) is 30.5 Å². The molecule has 3 aromatic rings. The zero-order valence-corrected chi connectivity index (χ0v) is 21.3. The number of pyridine rings is 2. The number of nitrogens with one attached hydrogen (secondary N) is 2. The molecule has 0 bridgehead atoms. The summed E-state index contributed by atoms with van der Waals surface area (Å²) in [5.41, 5.74) is 3.07. The van der Waals surface area contributed by atoms with Crippen LogP contribution < -0.4 is 15.5 Å². The highest BCUT2D eigenvalue weighted by atomic mass is 32.2. The van der Waals surface area contributed by atoms with Crippen LogP contribution in [-0.4, -0.2) is 97.4 Å². The molecule has 0 amide bonds. The molecule has 13 heteroatoms. The van der Waals surface area contributed by atoms with Gasteiger partial charge in [-0.25, -0.2) is 23.4 Å². The Balaban J connectivity index is 0.00000289. The first kappa shape index (κ1) is 25.5. The second kappa shape index (κ2) is 11.0. The van der Waals surface area contributed by atoms with E-state index in [-0.39, 0.29) is 19.6 Å². The molecule has 5 heterocycles. The minimum Gasteiger partial charge on any atom is -0.374 e. The maximum absolute atomic E-state index is 11.7. The number of sulfonamides is 1. The monoisotopic (exact) mass is 518 g/mol. The van der Waals surface area contributed by atoms with Crippen molar-refractivity contribution in [1.82, 2.24) is 29.6 Å². The minimum absolute atomic E-state index is 0. The number of aromatic nitrogens is 4. The molecule has 2 fully saturated rings. The Morgan fingerprint density at radius 1 is 1.14 bits per heavy atom. The molecular formula is C22H30N8O3S2. The molecule has 2 aliphatic rings. The van der Waals surface area contributed by atoms with Crippen LogP contribution >= 0.6 is 13.5 Å². The van der Waals surface area contributed by atoms with Crippen molar-refractivity contribution < 1.29 is 13.2 Å². The van der Waals surface area contributed by atoms with E-state index in [1.807, 2.05) is 18.2 Å². The van der Waals surface area contributed by atoms with E-state index >= 15 is 0 Å². The van der Waals surface area contributed by atoms with Crippen molar-refractivity contribution in [2.24, 2.45) is 0 Å². The zero-order chi connectivity index (χ0) is 23.5. The van der Waals surface area contributed by atoms with Crippen LogP contribution in [0.15, 0.2) is 36.8 Å². The number of piperazine rings is 1. The Kier molecular flexibility index (Phi) is 8.02. The summed E-state index contributed by atoms with van der Waals surface area (Å²) in [5, 5.41) is 6.72. The summed E-state index contributed by atoms with van der Waals surface area (Å²) < 4.78 is 30.8. The summed E-state index contributed by atoms with van der Waals surface area (Å²) in [5.74, 6) is 1.48. The molecule has 0 radical (unpaired) electrons. The van der Waals surface area contributed by atoms with Crippen molar-refractivity contribution in [1.29, 1.82) is 0 Å². The Hall–Kier alpha value is -2.58. The molecule has 0 saturated carbocycles. The Morgan fingerprint density at radius 2 is 1.94 bits per heavy atom. The molecule has 0 aromatic carbocycles. The van der Waals surface area contributed by atoms with Crippen LogP contribution in [-0.2, 0) is 14.8 Å². The summed E-state index contributed by atoms with van der Waals surface area (Å²) in [6, 6.07) is 5.84. The Morgan fingerprint density at radius 3 is 2.63 bits per heavy atom. The highest BCUT2D eigenvalue weighted by molar-refractivity contribution is 7.88. The van der Waals surface area contributed by atoms with E-state index in [0.29, 0.717) is 50.7 Å². The lowest BCUT2D eigenvalue weighted by Crippen LogP contribution is -2.48. The van der Waals surface area contributed by atoms with E-state index in [9.17, 15) is 8.42 Å². The predicted octanol–water partition coefficient (Wildman–Crippen LogP) is 0.681. The van der Waals surface area contributed by atoms with Gasteiger partial charge in [-0.3, -0.25) is 4.98 Å². The SMILES string of the molecule is CS(=O)(=O)N1CCN(c2ccc(-c3cc4nccnc4c(NC[C@@H]4CNCCO4)n3)cn2)CC1.S. The highest BCUT2D eigenvalue weighted by Crippen LogP contribution is 2.26. The van der Waals surface area contributed by atoms with Gasteiger partial charge >= 0.3 is 0 Å². The number of fused-ring (bicyclic) bond motifs is 1. The fourth-order valence-electron chi connectivity index (χ4n) is 4.18. The van der Waals surface area contributed by atoms with Crippen LogP contribution in [0.3, 0.4) is 0 Å². The molecule has 0 aliphatic carbocycles. The summed E-state index contributed by atoms with van der Waals surface area (Å²) in [7, 11) is -3.16. The first-order valence-corrected chi connectivity index (χ1v) is 13.2. The van der Waals surface area contributed by atoms with Gasteiger partial charge in [0.2, 0.25) is 10.0 Å². The van der Waals surface area contributed by atoms with Crippen LogP contribution in [0.5, 0.6) is 0 Å². The summed E-state index contributed by atoms with van der Waals surface area (Å²) in [4.78, 5) is 20.5. The molecular weight excluding hydrogens is 488 g/mol. The van der Waals surface area contributed by atoms with Crippen LogP contribution in [0.1, 0.15) is 0 Å². The van der Waals surface area contributed by atoms with Crippen molar-refractivity contribution in [3.63, 3.8) is 0 Å². The van der Waals surface area contributed by atoms with Crippen molar-refractivity contribution >= 4 is 46.2 Å². The van der Waals surface area contributed by atoms with Crippen LogP contribution in [0.4, 0.5) is 11.6 Å².